The number of amides is 1. The van der Waals surface area contributed by atoms with Crippen molar-refractivity contribution >= 4 is 17.4 Å². The number of nitrogens with zero attached hydrogens (tertiary/aromatic N) is 5. The first-order valence-electron chi connectivity index (χ1n) is 13.0. The van der Waals surface area contributed by atoms with E-state index in [1.807, 2.05) is 37.3 Å². The van der Waals surface area contributed by atoms with E-state index < -0.39 is 22.6 Å². The number of nitro groups is 1. The van der Waals surface area contributed by atoms with E-state index in [1.165, 1.54) is 24.3 Å². The highest BCUT2D eigenvalue weighted by atomic mass is 19.4. The van der Waals surface area contributed by atoms with Gasteiger partial charge in [-0.1, -0.05) is 48.5 Å². The molecule has 2 heterocycles. The monoisotopic (exact) mass is 561 g/mol. The third kappa shape index (κ3) is 6.19. The number of piperazine rings is 1. The summed E-state index contributed by atoms with van der Waals surface area (Å²) < 4.78 is 39.5. The van der Waals surface area contributed by atoms with Crippen molar-refractivity contribution in [3.63, 3.8) is 0 Å². The van der Waals surface area contributed by atoms with Gasteiger partial charge >= 0.3 is 6.18 Å². The summed E-state index contributed by atoms with van der Waals surface area (Å²) in [6, 6.07) is 20.3. The van der Waals surface area contributed by atoms with Crippen molar-refractivity contribution in [1.82, 2.24) is 14.9 Å². The molecule has 0 unspecified atom stereocenters. The van der Waals surface area contributed by atoms with Crippen molar-refractivity contribution in [3.8, 4) is 11.4 Å². The smallest absolute Gasteiger partial charge is 0.353 e. The molecule has 210 valence electrons. The van der Waals surface area contributed by atoms with Gasteiger partial charge in [-0.3, -0.25) is 14.9 Å². The van der Waals surface area contributed by atoms with Crippen LogP contribution in [0, 0.1) is 17.0 Å². The number of hydrogen-bond acceptors (Lipinski definition) is 6. The number of nitro benzene ring substituents is 1. The molecule has 3 aromatic carbocycles. The Hall–Kier alpha value is -4.80. The average Bonchev–Trinajstić information content (AvgIpc) is 2.98. The lowest BCUT2D eigenvalue weighted by Crippen LogP contribution is -2.49. The van der Waals surface area contributed by atoms with Crippen LogP contribution in [0.25, 0.3) is 11.4 Å². The molecule has 0 saturated carbocycles. The van der Waals surface area contributed by atoms with E-state index in [-0.39, 0.29) is 11.3 Å². The maximum absolute atomic E-state index is 13.2. The number of carbonyl (C=O) groups is 1. The van der Waals surface area contributed by atoms with Crippen LogP contribution in [0.1, 0.15) is 32.7 Å². The minimum absolute atomic E-state index is 0.00271. The molecular formula is C30H26F3N5O3. The van der Waals surface area contributed by atoms with Crippen LogP contribution in [0.4, 0.5) is 24.7 Å². The summed E-state index contributed by atoms with van der Waals surface area (Å²) in [4.78, 5) is 37.0. The molecule has 1 amide bonds. The summed E-state index contributed by atoms with van der Waals surface area (Å²) in [6.07, 6.45) is -4.09. The fraction of sp³-hybridized carbons (Fsp3) is 0.233. The molecule has 1 aliphatic heterocycles. The highest BCUT2D eigenvalue weighted by Crippen LogP contribution is 2.31. The van der Waals surface area contributed by atoms with E-state index in [9.17, 15) is 28.1 Å². The number of rotatable bonds is 6. The SMILES string of the molecule is Cc1nc(-c2ccccc2)nc(N2CCN(C(=O)c3cccc(C(F)(F)F)c3)CC2)c1Cc1ccc([N+](=O)[O-])cc1. The second-order valence-electron chi connectivity index (χ2n) is 9.76. The Labute approximate surface area is 234 Å². The van der Waals surface area contributed by atoms with Gasteiger partial charge < -0.3 is 9.80 Å². The van der Waals surface area contributed by atoms with Crippen molar-refractivity contribution in [2.75, 3.05) is 31.1 Å². The van der Waals surface area contributed by atoms with Crippen molar-refractivity contribution in [2.24, 2.45) is 0 Å². The molecule has 41 heavy (non-hydrogen) atoms. The second-order valence-corrected chi connectivity index (χ2v) is 9.76. The van der Waals surface area contributed by atoms with E-state index >= 15 is 0 Å². The largest absolute Gasteiger partial charge is 0.416 e. The Balaban J connectivity index is 1.41. The zero-order chi connectivity index (χ0) is 29.1. The number of aryl methyl sites for hydroxylation is 1. The Morgan fingerprint density at radius 3 is 2.24 bits per heavy atom. The second kappa shape index (κ2) is 11.4. The predicted molar refractivity (Wildman–Crippen MR) is 148 cm³/mol. The van der Waals surface area contributed by atoms with Gasteiger partial charge in [0.2, 0.25) is 0 Å². The Morgan fingerprint density at radius 1 is 0.927 bits per heavy atom. The topological polar surface area (TPSA) is 92.5 Å². The van der Waals surface area contributed by atoms with Gasteiger partial charge in [0, 0.05) is 67.1 Å². The predicted octanol–water partition coefficient (Wildman–Crippen LogP) is 5.93. The number of hydrogen-bond donors (Lipinski definition) is 0. The molecule has 0 spiro atoms. The summed E-state index contributed by atoms with van der Waals surface area (Å²) in [5.74, 6) is 0.791. The number of anilines is 1. The maximum Gasteiger partial charge on any atom is 0.416 e. The Morgan fingerprint density at radius 2 is 1.61 bits per heavy atom. The van der Waals surface area contributed by atoms with Crippen LogP contribution in [-0.4, -0.2) is 51.9 Å². The number of alkyl halides is 3. The molecule has 11 heteroatoms. The summed E-state index contributed by atoms with van der Waals surface area (Å²) in [6.45, 7) is 3.34. The molecule has 1 saturated heterocycles. The lowest BCUT2D eigenvalue weighted by atomic mass is 10.0. The van der Waals surface area contributed by atoms with E-state index in [0.29, 0.717) is 44.2 Å². The van der Waals surface area contributed by atoms with Crippen molar-refractivity contribution in [2.45, 2.75) is 19.5 Å². The first-order valence-corrected chi connectivity index (χ1v) is 13.0. The summed E-state index contributed by atoms with van der Waals surface area (Å²) in [5, 5.41) is 11.1. The van der Waals surface area contributed by atoms with E-state index in [4.69, 9.17) is 9.97 Å². The maximum atomic E-state index is 13.2. The number of non-ortho nitro benzene ring substituents is 1. The number of carbonyl (C=O) groups excluding carboxylic acids is 1. The molecule has 1 aliphatic rings. The van der Waals surface area contributed by atoms with Crippen LogP contribution >= 0.6 is 0 Å². The van der Waals surface area contributed by atoms with Crippen LogP contribution in [0.5, 0.6) is 0 Å². The van der Waals surface area contributed by atoms with Gasteiger partial charge in [-0.05, 0) is 30.7 Å². The van der Waals surface area contributed by atoms with E-state index in [1.54, 1.807) is 17.0 Å². The van der Waals surface area contributed by atoms with Gasteiger partial charge in [0.1, 0.15) is 5.82 Å². The molecule has 4 aromatic rings. The molecule has 0 N–H and O–H groups in total. The molecule has 0 radical (unpaired) electrons. The lowest BCUT2D eigenvalue weighted by Gasteiger charge is -2.36. The van der Waals surface area contributed by atoms with Crippen LogP contribution in [0.2, 0.25) is 0 Å². The molecule has 5 rings (SSSR count). The van der Waals surface area contributed by atoms with Crippen molar-refractivity contribution < 1.29 is 22.9 Å². The van der Waals surface area contributed by atoms with E-state index in [2.05, 4.69) is 4.90 Å². The lowest BCUT2D eigenvalue weighted by molar-refractivity contribution is -0.384. The fourth-order valence-corrected chi connectivity index (χ4v) is 4.84. The minimum atomic E-state index is -4.53. The zero-order valence-electron chi connectivity index (χ0n) is 22.1. The quantitative estimate of drug-likeness (QED) is 0.214. The van der Waals surface area contributed by atoms with Gasteiger partial charge in [-0.25, -0.2) is 9.97 Å². The third-order valence-corrected chi connectivity index (χ3v) is 7.06. The molecule has 1 aromatic heterocycles. The molecule has 0 bridgehead atoms. The molecule has 0 atom stereocenters. The number of halogens is 3. The van der Waals surface area contributed by atoms with Crippen LogP contribution in [0.3, 0.4) is 0 Å². The number of aromatic nitrogens is 2. The van der Waals surface area contributed by atoms with Gasteiger partial charge in [0.05, 0.1) is 10.5 Å². The fourth-order valence-electron chi connectivity index (χ4n) is 4.84. The van der Waals surface area contributed by atoms with Gasteiger partial charge in [-0.2, -0.15) is 13.2 Å². The zero-order valence-corrected chi connectivity index (χ0v) is 22.1. The average molecular weight is 562 g/mol. The first-order chi connectivity index (χ1) is 19.6. The summed E-state index contributed by atoms with van der Waals surface area (Å²) in [5.41, 5.74) is 2.46. The van der Waals surface area contributed by atoms with Gasteiger partial charge in [0.25, 0.3) is 11.6 Å². The standard InChI is InChI=1S/C30H26F3N5O3/c1-20-26(18-21-10-12-25(13-11-21)38(40)41)28(35-27(34-20)22-6-3-2-4-7-22)36-14-16-37(17-15-36)29(39)23-8-5-9-24(19-23)30(31,32)33/h2-13,19H,14-18H2,1H3. The molecular weight excluding hydrogens is 535 g/mol. The summed E-state index contributed by atoms with van der Waals surface area (Å²) >= 11 is 0. The Kier molecular flexibility index (Phi) is 7.69. The minimum Gasteiger partial charge on any atom is -0.353 e. The first kappa shape index (κ1) is 27.8. The molecule has 8 nitrogen and oxygen atoms in total. The molecule has 0 aliphatic carbocycles. The molecule has 1 fully saturated rings. The summed E-state index contributed by atoms with van der Waals surface area (Å²) in [7, 11) is 0. The highest BCUT2D eigenvalue weighted by molar-refractivity contribution is 5.94. The number of benzene rings is 3. The normalized spacial score (nSPS) is 13.8. The van der Waals surface area contributed by atoms with Crippen molar-refractivity contribution in [3.05, 3.63) is 117 Å². The van der Waals surface area contributed by atoms with Crippen LogP contribution < -0.4 is 4.90 Å². The van der Waals surface area contributed by atoms with Gasteiger partial charge in [0.15, 0.2) is 5.82 Å². The Bertz CT molecular complexity index is 1570. The van der Waals surface area contributed by atoms with E-state index in [0.717, 1.165) is 34.5 Å². The van der Waals surface area contributed by atoms with Crippen LogP contribution in [0.15, 0.2) is 78.9 Å². The highest BCUT2D eigenvalue weighted by Gasteiger charge is 2.32. The van der Waals surface area contributed by atoms with Crippen LogP contribution in [-0.2, 0) is 12.6 Å². The van der Waals surface area contributed by atoms with Crippen molar-refractivity contribution in [1.29, 1.82) is 0 Å². The third-order valence-electron chi connectivity index (χ3n) is 7.06. The van der Waals surface area contributed by atoms with Gasteiger partial charge in [-0.15, -0.1) is 0 Å².